The van der Waals surface area contributed by atoms with E-state index in [0.717, 1.165) is 18.4 Å². The van der Waals surface area contributed by atoms with Gasteiger partial charge in [0.05, 0.1) is 13.2 Å². The van der Waals surface area contributed by atoms with Gasteiger partial charge in [0.15, 0.2) is 0 Å². The largest absolute Gasteiger partial charge is 0.481 e. The number of carbonyl (C=O) groups is 1. The Kier molecular flexibility index (Phi) is 4.23. The first kappa shape index (κ1) is 14.4. The maximum absolute atomic E-state index is 12.1. The second-order valence-corrected chi connectivity index (χ2v) is 5.29. The van der Waals surface area contributed by atoms with E-state index in [4.69, 9.17) is 4.74 Å². The molecule has 1 atom stereocenters. The molecule has 114 valence electrons. The van der Waals surface area contributed by atoms with Gasteiger partial charge >= 0.3 is 6.03 Å². The Hall–Kier alpha value is -2.56. The van der Waals surface area contributed by atoms with Crippen molar-refractivity contribution in [2.24, 2.45) is 0 Å². The molecule has 1 heterocycles. The van der Waals surface area contributed by atoms with E-state index in [-0.39, 0.29) is 12.1 Å². The SMILES string of the molecule is COc1ncccc1CNC(=O)N[C@H]1CCc2ccccc21. The Labute approximate surface area is 129 Å². The summed E-state index contributed by atoms with van der Waals surface area (Å²) in [5, 5.41) is 5.89. The molecule has 0 radical (unpaired) electrons. The average molecular weight is 297 g/mol. The van der Waals surface area contributed by atoms with E-state index in [1.54, 1.807) is 13.3 Å². The van der Waals surface area contributed by atoms with E-state index >= 15 is 0 Å². The quantitative estimate of drug-likeness (QED) is 0.911. The lowest BCUT2D eigenvalue weighted by molar-refractivity contribution is 0.236. The Morgan fingerprint density at radius 1 is 1.32 bits per heavy atom. The highest BCUT2D eigenvalue weighted by Gasteiger charge is 2.23. The van der Waals surface area contributed by atoms with Crippen LogP contribution in [0.15, 0.2) is 42.6 Å². The lowest BCUT2D eigenvalue weighted by atomic mass is 10.1. The summed E-state index contributed by atoms with van der Waals surface area (Å²) in [5.74, 6) is 0.536. The molecular weight excluding hydrogens is 278 g/mol. The van der Waals surface area contributed by atoms with Crippen LogP contribution in [0.1, 0.15) is 29.2 Å². The number of nitrogens with one attached hydrogen (secondary N) is 2. The summed E-state index contributed by atoms with van der Waals surface area (Å²) >= 11 is 0. The first-order chi connectivity index (χ1) is 10.8. The lowest BCUT2D eigenvalue weighted by Gasteiger charge is -2.15. The van der Waals surface area contributed by atoms with Gasteiger partial charge in [-0.3, -0.25) is 0 Å². The van der Waals surface area contributed by atoms with E-state index in [1.165, 1.54) is 11.1 Å². The van der Waals surface area contributed by atoms with Gasteiger partial charge in [-0.05, 0) is 30.0 Å². The number of urea groups is 1. The first-order valence-corrected chi connectivity index (χ1v) is 7.38. The number of nitrogens with zero attached hydrogens (tertiary/aromatic N) is 1. The van der Waals surface area contributed by atoms with Crippen LogP contribution < -0.4 is 15.4 Å². The van der Waals surface area contributed by atoms with Crippen molar-refractivity contribution >= 4 is 6.03 Å². The molecule has 5 nitrogen and oxygen atoms in total. The number of rotatable bonds is 4. The minimum Gasteiger partial charge on any atom is -0.481 e. The number of amides is 2. The number of fused-ring (bicyclic) bond motifs is 1. The van der Waals surface area contributed by atoms with E-state index in [0.29, 0.717) is 12.4 Å². The van der Waals surface area contributed by atoms with Crippen molar-refractivity contribution in [3.05, 3.63) is 59.3 Å². The fraction of sp³-hybridized carbons (Fsp3) is 0.294. The van der Waals surface area contributed by atoms with Crippen molar-refractivity contribution in [3.8, 4) is 5.88 Å². The van der Waals surface area contributed by atoms with Crippen molar-refractivity contribution in [2.75, 3.05) is 7.11 Å². The fourth-order valence-corrected chi connectivity index (χ4v) is 2.83. The van der Waals surface area contributed by atoms with Crippen LogP contribution in [-0.4, -0.2) is 18.1 Å². The zero-order chi connectivity index (χ0) is 15.4. The number of ether oxygens (including phenoxy) is 1. The van der Waals surface area contributed by atoms with Crippen LogP contribution in [-0.2, 0) is 13.0 Å². The van der Waals surface area contributed by atoms with E-state index < -0.39 is 0 Å². The van der Waals surface area contributed by atoms with Gasteiger partial charge < -0.3 is 15.4 Å². The van der Waals surface area contributed by atoms with Gasteiger partial charge in [-0.25, -0.2) is 9.78 Å². The molecule has 0 saturated carbocycles. The van der Waals surface area contributed by atoms with Crippen molar-refractivity contribution < 1.29 is 9.53 Å². The van der Waals surface area contributed by atoms with Crippen molar-refractivity contribution in [2.45, 2.75) is 25.4 Å². The topological polar surface area (TPSA) is 63.2 Å². The van der Waals surface area contributed by atoms with Gasteiger partial charge in [-0.2, -0.15) is 0 Å². The van der Waals surface area contributed by atoms with Gasteiger partial charge in [-0.15, -0.1) is 0 Å². The van der Waals surface area contributed by atoms with Crippen LogP contribution in [0.2, 0.25) is 0 Å². The summed E-state index contributed by atoms with van der Waals surface area (Å²) in [5.41, 5.74) is 3.39. The predicted molar refractivity (Wildman–Crippen MR) is 83.7 cm³/mol. The third-order valence-corrected chi connectivity index (χ3v) is 3.92. The summed E-state index contributed by atoms with van der Waals surface area (Å²) in [4.78, 5) is 16.2. The number of hydrogen-bond acceptors (Lipinski definition) is 3. The van der Waals surface area contributed by atoms with Crippen LogP contribution in [0.5, 0.6) is 5.88 Å². The zero-order valence-corrected chi connectivity index (χ0v) is 12.5. The monoisotopic (exact) mass is 297 g/mol. The smallest absolute Gasteiger partial charge is 0.315 e. The van der Waals surface area contributed by atoms with Gasteiger partial charge in [0.2, 0.25) is 5.88 Å². The maximum Gasteiger partial charge on any atom is 0.315 e. The molecule has 2 N–H and O–H groups in total. The van der Waals surface area contributed by atoms with E-state index in [2.05, 4.69) is 27.8 Å². The third kappa shape index (κ3) is 3.03. The number of pyridine rings is 1. The molecule has 1 aromatic heterocycles. The van der Waals surface area contributed by atoms with Gasteiger partial charge in [0, 0.05) is 18.3 Å². The molecule has 0 saturated heterocycles. The average Bonchev–Trinajstić information content (AvgIpc) is 2.96. The second kappa shape index (κ2) is 6.47. The van der Waals surface area contributed by atoms with Gasteiger partial charge in [0.25, 0.3) is 0 Å². The molecular formula is C17H19N3O2. The van der Waals surface area contributed by atoms with E-state index in [9.17, 15) is 4.79 Å². The molecule has 0 aliphatic heterocycles. The summed E-state index contributed by atoms with van der Waals surface area (Å²) in [6.07, 6.45) is 3.62. The molecule has 1 aliphatic rings. The molecule has 1 aromatic carbocycles. The highest BCUT2D eigenvalue weighted by Crippen LogP contribution is 2.30. The number of carbonyl (C=O) groups excluding carboxylic acids is 1. The van der Waals surface area contributed by atoms with E-state index in [1.807, 2.05) is 24.3 Å². The number of methoxy groups -OCH3 is 1. The molecule has 2 aromatic rings. The van der Waals surface area contributed by atoms with Crippen molar-refractivity contribution in [3.63, 3.8) is 0 Å². The first-order valence-electron chi connectivity index (χ1n) is 7.38. The number of benzene rings is 1. The predicted octanol–water partition coefficient (Wildman–Crippen LogP) is 2.58. The van der Waals surface area contributed by atoms with Crippen LogP contribution in [0.25, 0.3) is 0 Å². The minimum absolute atomic E-state index is 0.0898. The second-order valence-electron chi connectivity index (χ2n) is 5.29. The Morgan fingerprint density at radius 2 is 2.18 bits per heavy atom. The third-order valence-electron chi connectivity index (χ3n) is 3.92. The Balaban J connectivity index is 1.58. The molecule has 22 heavy (non-hydrogen) atoms. The molecule has 2 amide bonds. The van der Waals surface area contributed by atoms with Crippen molar-refractivity contribution in [1.82, 2.24) is 15.6 Å². The van der Waals surface area contributed by atoms with Gasteiger partial charge in [0.1, 0.15) is 0 Å². The molecule has 0 bridgehead atoms. The minimum atomic E-state index is -0.174. The van der Waals surface area contributed by atoms with Crippen LogP contribution in [0.4, 0.5) is 4.79 Å². The molecule has 0 fully saturated rings. The zero-order valence-electron chi connectivity index (χ0n) is 12.5. The number of aryl methyl sites for hydroxylation is 1. The van der Waals surface area contributed by atoms with Crippen LogP contribution in [0, 0.1) is 0 Å². The van der Waals surface area contributed by atoms with Crippen LogP contribution in [0.3, 0.4) is 0 Å². The molecule has 5 heteroatoms. The Bertz CT molecular complexity index is 672. The Morgan fingerprint density at radius 3 is 3.05 bits per heavy atom. The summed E-state index contributed by atoms with van der Waals surface area (Å²) < 4.78 is 5.17. The molecule has 3 rings (SSSR count). The lowest BCUT2D eigenvalue weighted by Crippen LogP contribution is -2.37. The molecule has 0 spiro atoms. The highest BCUT2D eigenvalue weighted by molar-refractivity contribution is 5.74. The normalized spacial score (nSPS) is 16.0. The molecule has 1 aliphatic carbocycles. The number of hydrogen-bond donors (Lipinski definition) is 2. The maximum atomic E-state index is 12.1. The summed E-state index contributed by atoms with van der Waals surface area (Å²) in [6, 6.07) is 11.9. The van der Waals surface area contributed by atoms with Crippen molar-refractivity contribution in [1.29, 1.82) is 0 Å². The summed E-state index contributed by atoms with van der Waals surface area (Å²) in [7, 11) is 1.57. The van der Waals surface area contributed by atoms with Gasteiger partial charge in [-0.1, -0.05) is 30.3 Å². The number of aromatic nitrogens is 1. The summed E-state index contributed by atoms with van der Waals surface area (Å²) in [6.45, 7) is 0.386. The highest BCUT2D eigenvalue weighted by atomic mass is 16.5. The fourth-order valence-electron chi connectivity index (χ4n) is 2.83. The standard InChI is InChI=1S/C17H19N3O2/c1-22-16-13(6-4-10-18-16)11-19-17(21)20-15-9-8-12-5-2-3-7-14(12)15/h2-7,10,15H,8-9,11H2,1H3,(H2,19,20,21)/t15-/m0/s1. The molecule has 0 unspecified atom stereocenters. The van der Waals surface area contributed by atoms with Crippen LogP contribution >= 0.6 is 0 Å².